The maximum absolute atomic E-state index is 11.8. The average Bonchev–Trinajstić information content (AvgIpc) is 2.93. The first-order valence-corrected chi connectivity index (χ1v) is 8.24. The number of para-hydroxylation sites is 1. The first-order chi connectivity index (χ1) is 11.1. The molecule has 1 N–H and O–H groups in total. The first-order valence-electron chi connectivity index (χ1n) is 8.24. The van der Waals surface area contributed by atoms with E-state index in [9.17, 15) is 4.79 Å². The summed E-state index contributed by atoms with van der Waals surface area (Å²) in [6.45, 7) is 7.34. The number of amides is 1. The summed E-state index contributed by atoms with van der Waals surface area (Å²) in [5.41, 5.74) is 2.58. The fourth-order valence-corrected chi connectivity index (χ4v) is 3.24. The van der Waals surface area contributed by atoms with Crippen LogP contribution in [0.2, 0.25) is 0 Å². The van der Waals surface area contributed by atoms with E-state index >= 15 is 0 Å². The molecule has 0 saturated carbocycles. The summed E-state index contributed by atoms with van der Waals surface area (Å²) < 4.78 is 7.89. The number of hydrogen-bond acceptors (Lipinski definition) is 3. The number of aromatic nitrogens is 1. The Morgan fingerprint density at radius 3 is 2.91 bits per heavy atom. The van der Waals surface area contributed by atoms with Crippen molar-refractivity contribution in [3.8, 4) is 0 Å². The number of likely N-dealkylation sites (N-methyl/N-ethyl adjacent to an activating group) is 1. The van der Waals surface area contributed by atoms with Crippen LogP contribution in [0.25, 0.3) is 10.9 Å². The van der Waals surface area contributed by atoms with Crippen molar-refractivity contribution in [2.24, 2.45) is 0 Å². The van der Waals surface area contributed by atoms with Crippen molar-refractivity contribution in [3.63, 3.8) is 0 Å². The fourth-order valence-electron chi connectivity index (χ4n) is 3.24. The smallest absolute Gasteiger partial charge is 0.250 e. The van der Waals surface area contributed by atoms with E-state index in [1.807, 2.05) is 0 Å². The molecule has 1 amide bonds. The number of rotatable bonds is 4. The Hall–Kier alpha value is -1.85. The summed E-state index contributed by atoms with van der Waals surface area (Å²) in [5, 5.41) is 3.97. The maximum atomic E-state index is 11.8. The molecule has 2 aromatic rings. The zero-order valence-electron chi connectivity index (χ0n) is 14.1. The monoisotopic (exact) mass is 315 g/mol. The minimum absolute atomic E-state index is 0.0423. The minimum Gasteiger partial charge on any atom is -0.366 e. The molecule has 1 saturated heterocycles. The van der Waals surface area contributed by atoms with Gasteiger partial charge in [0.15, 0.2) is 0 Å². The van der Waals surface area contributed by atoms with E-state index in [1.54, 1.807) is 7.05 Å². The van der Waals surface area contributed by atoms with Crippen LogP contribution >= 0.6 is 0 Å². The van der Waals surface area contributed by atoms with Crippen molar-refractivity contribution in [1.29, 1.82) is 0 Å². The summed E-state index contributed by atoms with van der Waals surface area (Å²) in [6.07, 6.45) is 1.88. The number of morpholine rings is 1. The van der Waals surface area contributed by atoms with E-state index in [-0.39, 0.29) is 12.0 Å². The van der Waals surface area contributed by atoms with Crippen LogP contribution in [0.4, 0.5) is 0 Å². The highest BCUT2D eigenvalue weighted by Crippen LogP contribution is 2.26. The molecule has 0 radical (unpaired) electrons. The SMILES string of the molecule is CNC(=O)C1CN(Cc2cn(C(C)C)c3ccccc23)CCO1. The Labute approximate surface area is 137 Å². The fraction of sp³-hybridized carbons (Fsp3) is 0.500. The largest absolute Gasteiger partial charge is 0.366 e. The Bertz CT molecular complexity index is 693. The molecule has 2 heterocycles. The van der Waals surface area contributed by atoms with Gasteiger partial charge in [0.05, 0.1) is 6.61 Å². The van der Waals surface area contributed by atoms with Crippen molar-refractivity contribution in [2.45, 2.75) is 32.5 Å². The second kappa shape index (κ2) is 6.72. The molecule has 5 nitrogen and oxygen atoms in total. The molecule has 124 valence electrons. The van der Waals surface area contributed by atoms with Gasteiger partial charge >= 0.3 is 0 Å². The number of carbonyl (C=O) groups excluding carboxylic acids is 1. The van der Waals surface area contributed by atoms with E-state index in [1.165, 1.54) is 16.5 Å². The first kappa shape index (κ1) is 16.0. The molecular formula is C18H25N3O2. The highest BCUT2D eigenvalue weighted by atomic mass is 16.5. The average molecular weight is 315 g/mol. The van der Waals surface area contributed by atoms with Gasteiger partial charge in [-0.15, -0.1) is 0 Å². The van der Waals surface area contributed by atoms with Gasteiger partial charge in [0.25, 0.3) is 0 Å². The molecule has 1 aliphatic heterocycles. The normalized spacial score (nSPS) is 19.4. The second-order valence-corrected chi connectivity index (χ2v) is 6.38. The molecule has 1 aromatic carbocycles. The number of nitrogens with zero attached hydrogens (tertiary/aromatic N) is 2. The summed E-state index contributed by atoms with van der Waals surface area (Å²) in [5.74, 6) is -0.0423. The predicted molar refractivity (Wildman–Crippen MR) is 91.4 cm³/mol. The van der Waals surface area contributed by atoms with E-state index in [0.717, 1.165) is 13.1 Å². The molecule has 1 unspecified atom stereocenters. The van der Waals surface area contributed by atoms with E-state index in [0.29, 0.717) is 19.2 Å². The minimum atomic E-state index is -0.368. The van der Waals surface area contributed by atoms with Crippen LogP contribution in [0, 0.1) is 0 Å². The van der Waals surface area contributed by atoms with Crippen LogP contribution in [-0.2, 0) is 16.1 Å². The van der Waals surface area contributed by atoms with Crippen LogP contribution in [0.1, 0.15) is 25.5 Å². The van der Waals surface area contributed by atoms with Crippen LogP contribution in [0.5, 0.6) is 0 Å². The number of ether oxygens (including phenoxy) is 1. The molecule has 0 aliphatic carbocycles. The predicted octanol–water partition coefficient (Wildman–Crippen LogP) is 2.17. The summed E-state index contributed by atoms with van der Waals surface area (Å²) in [7, 11) is 1.65. The number of fused-ring (bicyclic) bond motifs is 1. The maximum Gasteiger partial charge on any atom is 0.250 e. The van der Waals surface area contributed by atoms with Crippen LogP contribution in [-0.4, -0.2) is 48.2 Å². The lowest BCUT2D eigenvalue weighted by Crippen LogP contribution is -2.48. The Morgan fingerprint density at radius 2 is 2.17 bits per heavy atom. The quantitative estimate of drug-likeness (QED) is 0.940. The topological polar surface area (TPSA) is 46.5 Å². The molecule has 0 spiro atoms. The Morgan fingerprint density at radius 1 is 1.39 bits per heavy atom. The van der Waals surface area contributed by atoms with Crippen molar-refractivity contribution < 1.29 is 9.53 Å². The number of benzene rings is 1. The standard InChI is InChI=1S/C18H25N3O2/c1-13(2)21-11-14(15-6-4-5-7-16(15)21)10-20-8-9-23-17(12-20)18(22)19-3/h4-7,11,13,17H,8-10,12H2,1-3H3,(H,19,22). The number of carbonyl (C=O) groups is 1. The lowest BCUT2D eigenvalue weighted by atomic mass is 10.1. The number of nitrogens with one attached hydrogen (secondary N) is 1. The van der Waals surface area contributed by atoms with Crippen LogP contribution in [0.15, 0.2) is 30.5 Å². The molecule has 0 bridgehead atoms. The lowest BCUT2D eigenvalue weighted by Gasteiger charge is -2.31. The molecule has 3 rings (SSSR count). The third-order valence-corrected chi connectivity index (χ3v) is 4.46. The highest BCUT2D eigenvalue weighted by Gasteiger charge is 2.26. The molecule has 1 aliphatic rings. The van der Waals surface area contributed by atoms with Gasteiger partial charge in [0.1, 0.15) is 6.10 Å². The van der Waals surface area contributed by atoms with E-state index in [4.69, 9.17) is 4.74 Å². The van der Waals surface area contributed by atoms with Gasteiger partial charge in [-0.3, -0.25) is 9.69 Å². The lowest BCUT2D eigenvalue weighted by molar-refractivity contribution is -0.138. The van der Waals surface area contributed by atoms with Gasteiger partial charge in [-0.2, -0.15) is 0 Å². The molecule has 1 fully saturated rings. The molecule has 1 aromatic heterocycles. The van der Waals surface area contributed by atoms with Gasteiger partial charge in [-0.25, -0.2) is 0 Å². The third-order valence-electron chi connectivity index (χ3n) is 4.46. The molecular weight excluding hydrogens is 290 g/mol. The van der Waals surface area contributed by atoms with Crippen molar-refractivity contribution in [2.75, 3.05) is 26.7 Å². The molecule has 5 heteroatoms. The Kier molecular flexibility index (Phi) is 4.68. The molecule has 1 atom stereocenters. The van der Waals surface area contributed by atoms with E-state index in [2.05, 4.69) is 59.1 Å². The van der Waals surface area contributed by atoms with Gasteiger partial charge in [0.2, 0.25) is 5.91 Å². The van der Waals surface area contributed by atoms with Crippen molar-refractivity contribution in [1.82, 2.24) is 14.8 Å². The van der Waals surface area contributed by atoms with Crippen molar-refractivity contribution >= 4 is 16.8 Å². The van der Waals surface area contributed by atoms with Crippen LogP contribution in [0.3, 0.4) is 0 Å². The van der Waals surface area contributed by atoms with Crippen molar-refractivity contribution in [3.05, 3.63) is 36.0 Å². The van der Waals surface area contributed by atoms with Gasteiger partial charge < -0.3 is 14.6 Å². The summed E-state index contributed by atoms with van der Waals surface area (Å²) in [6, 6.07) is 8.95. The number of hydrogen-bond donors (Lipinski definition) is 1. The zero-order valence-corrected chi connectivity index (χ0v) is 14.1. The van der Waals surface area contributed by atoms with Gasteiger partial charge in [0, 0.05) is 49.8 Å². The van der Waals surface area contributed by atoms with Gasteiger partial charge in [-0.1, -0.05) is 18.2 Å². The third kappa shape index (κ3) is 3.26. The molecule has 23 heavy (non-hydrogen) atoms. The highest BCUT2D eigenvalue weighted by molar-refractivity contribution is 5.84. The van der Waals surface area contributed by atoms with E-state index < -0.39 is 0 Å². The van der Waals surface area contributed by atoms with Gasteiger partial charge in [-0.05, 0) is 25.5 Å². The summed E-state index contributed by atoms with van der Waals surface area (Å²) >= 11 is 0. The van der Waals surface area contributed by atoms with Crippen LogP contribution < -0.4 is 5.32 Å². The second-order valence-electron chi connectivity index (χ2n) is 6.38. The zero-order chi connectivity index (χ0) is 16.4. The Balaban J connectivity index is 1.83. The summed E-state index contributed by atoms with van der Waals surface area (Å²) in [4.78, 5) is 14.1.